The van der Waals surface area contributed by atoms with Gasteiger partial charge in [0.1, 0.15) is 5.01 Å². The largest absolute Gasteiger partial charge is 0.350 e. The third-order valence-electron chi connectivity index (χ3n) is 4.93. The lowest BCUT2D eigenvalue weighted by Crippen LogP contribution is -2.40. The van der Waals surface area contributed by atoms with Gasteiger partial charge >= 0.3 is 0 Å². The third-order valence-corrected chi connectivity index (χ3v) is 5.77. The molecule has 2 heterocycles. The molecule has 1 aromatic heterocycles. The average Bonchev–Trinajstić information content (AvgIpc) is 3.22. The SMILES string of the molecule is CCN(CC)CC1CCN(C(=NC)NCc2nc(C(C)(C)C)cs2)C1. The van der Waals surface area contributed by atoms with Crippen LogP contribution in [-0.2, 0) is 12.0 Å². The van der Waals surface area contributed by atoms with Crippen LogP contribution in [0.25, 0.3) is 0 Å². The second-order valence-electron chi connectivity index (χ2n) is 7.86. The van der Waals surface area contributed by atoms with E-state index in [9.17, 15) is 0 Å². The first-order valence-corrected chi connectivity index (χ1v) is 10.4. The van der Waals surface area contributed by atoms with Crippen molar-refractivity contribution in [2.45, 2.75) is 53.0 Å². The highest BCUT2D eigenvalue weighted by molar-refractivity contribution is 7.09. The fraction of sp³-hybridized carbons (Fsp3) is 0.789. The van der Waals surface area contributed by atoms with Crippen molar-refractivity contribution in [1.82, 2.24) is 20.1 Å². The average molecular weight is 366 g/mol. The summed E-state index contributed by atoms with van der Waals surface area (Å²) in [6.07, 6.45) is 1.25. The van der Waals surface area contributed by atoms with E-state index in [-0.39, 0.29) is 5.41 Å². The summed E-state index contributed by atoms with van der Waals surface area (Å²) in [6.45, 7) is 17.5. The molecule has 5 nitrogen and oxygen atoms in total. The van der Waals surface area contributed by atoms with Crippen molar-refractivity contribution in [3.63, 3.8) is 0 Å². The highest BCUT2D eigenvalue weighted by Gasteiger charge is 2.26. The first-order valence-electron chi connectivity index (χ1n) is 9.50. The van der Waals surface area contributed by atoms with Gasteiger partial charge in [0.2, 0.25) is 0 Å². The van der Waals surface area contributed by atoms with Crippen molar-refractivity contribution in [2.75, 3.05) is 39.8 Å². The number of rotatable bonds is 6. The molecule has 0 saturated carbocycles. The number of likely N-dealkylation sites (tertiary alicyclic amines) is 1. The minimum atomic E-state index is 0.114. The number of guanidine groups is 1. The Kier molecular flexibility index (Phi) is 7.25. The summed E-state index contributed by atoms with van der Waals surface area (Å²) in [6, 6.07) is 0. The minimum Gasteiger partial charge on any atom is -0.350 e. The van der Waals surface area contributed by atoms with Gasteiger partial charge in [0.05, 0.1) is 12.2 Å². The second-order valence-corrected chi connectivity index (χ2v) is 8.81. The van der Waals surface area contributed by atoms with Crippen molar-refractivity contribution in [1.29, 1.82) is 0 Å². The van der Waals surface area contributed by atoms with E-state index in [0.717, 1.165) is 49.6 Å². The lowest BCUT2D eigenvalue weighted by atomic mass is 9.93. The Morgan fingerprint density at radius 2 is 2.12 bits per heavy atom. The molecule has 25 heavy (non-hydrogen) atoms. The van der Waals surface area contributed by atoms with Crippen LogP contribution >= 0.6 is 11.3 Å². The summed E-state index contributed by atoms with van der Waals surface area (Å²) in [5.41, 5.74) is 1.29. The van der Waals surface area contributed by atoms with Crippen molar-refractivity contribution in [3.05, 3.63) is 16.1 Å². The molecule has 1 saturated heterocycles. The van der Waals surface area contributed by atoms with Crippen LogP contribution in [0.3, 0.4) is 0 Å². The Morgan fingerprint density at radius 3 is 2.68 bits per heavy atom. The summed E-state index contributed by atoms with van der Waals surface area (Å²) < 4.78 is 0. The summed E-state index contributed by atoms with van der Waals surface area (Å²) in [5.74, 6) is 1.75. The van der Waals surface area contributed by atoms with Crippen LogP contribution in [0.15, 0.2) is 10.4 Å². The molecule has 1 aromatic rings. The first-order chi connectivity index (χ1) is 11.9. The number of hydrogen-bond donors (Lipinski definition) is 1. The van der Waals surface area contributed by atoms with E-state index in [0.29, 0.717) is 0 Å². The Bertz CT molecular complexity index is 556. The lowest BCUT2D eigenvalue weighted by Gasteiger charge is -2.24. The van der Waals surface area contributed by atoms with Gasteiger partial charge in [-0.25, -0.2) is 4.98 Å². The van der Waals surface area contributed by atoms with Gasteiger partial charge < -0.3 is 15.1 Å². The van der Waals surface area contributed by atoms with Crippen LogP contribution in [0.1, 0.15) is 51.7 Å². The normalized spacial score (nSPS) is 19.1. The number of nitrogens with zero attached hydrogens (tertiary/aromatic N) is 4. The van der Waals surface area contributed by atoms with Gasteiger partial charge in [0.25, 0.3) is 0 Å². The Balaban J connectivity index is 1.86. The number of aliphatic imine (C=N–C) groups is 1. The Morgan fingerprint density at radius 1 is 1.40 bits per heavy atom. The van der Waals surface area contributed by atoms with Crippen LogP contribution in [0.2, 0.25) is 0 Å². The second kappa shape index (κ2) is 8.99. The molecule has 0 spiro atoms. The van der Waals surface area contributed by atoms with Crippen molar-refractivity contribution in [2.24, 2.45) is 10.9 Å². The lowest BCUT2D eigenvalue weighted by molar-refractivity contribution is 0.255. The molecular weight excluding hydrogens is 330 g/mol. The van der Waals surface area contributed by atoms with Gasteiger partial charge in [0.15, 0.2) is 5.96 Å². The molecule has 0 aliphatic carbocycles. The molecule has 1 unspecified atom stereocenters. The van der Waals surface area contributed by atoms with E-state index in [1.165, 1.54) is 18.7 Å². The molecule has 1 atom stereocenters. The zero-order valence-corrected chi connectivity index (χ0v) is 17.6. The molecule has 142 valence electrons. The van der Waals surface area contributed by atoms with Gasteiger partial charge in [-0.1, -0.05) is 34.6 Å². The number of aromatic nitrogens is 1. The molecular formula is C19H35N5S. The molecule has 1 fully saturated rings. The Labute approximate surface area is 157 Å². The number of hydrogen-bond acceptors (Lipinski definition) is 4. The van der Waals surface area contributed by atoms with E-state index in [4.69, 9.17) is 4.98 Å². The summed E-state index contributed by atoms with van der Waals surface area (Å²) in [5, 5.41) is 6.81. The van der Waals surface area contributed by atoms with Crippen molar-refractivity contribution in [3.8, 4) is 0 Å². The molecule has 1 aliphatic heterocycles. The first kappa shape index (κ1) is 20.2. The zero-order chi connectivity index (χ0) is 18.4. The zero-order valence-electron chi connectivity index (χ0n) is 16.8. The van der Waals surface area contributed by atoms with Crippen molar-refractivity contribution >= 4 is 17.3 Å². The van der Waals surface area contributed by atoms with E-state index in [1.54, 1.807) is 11.3 Å². The summed E-state index contributed by atoms with van der Waals surface area (Å²) in [7, 11) is 1.88. The quantitative estimate of drug-likeness (QED) is 0.621. The monoisotopic (exact) mass is 365 g/mol. The molecule has 0 aromatic carbocycles. The maximum absolute atomic E-state index is 4.77. The topological polar surface area (TPSA) is 43.8 Å². The molecule has 0 amide bonds. The highest BCUT2D eigenvalue weighted by atomic mass is 32.1. The molecule has 6 heteroatoms. The molecule has 0 bridgehead atoms. The number of nitrogens with one attached hydrogen (secondary N) is 1. The van der Waals surface area contributed by atoms with Gasteiger partial charge in [-0.15, -0.1) is 11.3 Å². The predicted molar refractivity (Wildman–Crippen MR) is 108 cm³/mol. The van der Waals surface area contributed by atoms with Crippen LogP contribution in [0.4, 0.5) is 0 Å². The Hall–Kier alpha value is -1.14. The smallest absolute Gasteiger partial charge is 0.194 e. The van der Waals surface area contributed by atoms with Crippen LogP contribution in [0, 0.1) is 5.92 Å². The van der Waals surface area contributed by atoms with Crippen LogP contribution < -0.4 is 5.32 Å². The number of thiazole rings is 1. The van der Waals surface area contributed by atoms with E-state index in [1.807, 2.05) is 7.05 Å². The highest BCUT2D eigenvalue weighted by Crippen LogP contribution is 2.24. The van der Waals surface area contributed by atoms with Gasteiger partial charge in [-0.2, -0.15) is 0 Å². The fourth-order valence-electron chi connectivity index (χ4n) is 3.24. The van der Waals surface area contributed by atoms with Gasteiger partial charge in [-0.3, -0.25) is 4.99 Å². The maximum Gasteiger partial charge on any atom is 0.194 e. The van der Waals surface area contributed by atoms with Crippen LogP contribution in [-0.4, -0.2) is 60.5 Å². The van der Waals surface area contributed by atoms with Gasteiger partial charge in [0, 0.05) is 37.5 Å². The third kappa shape index (κ3) is 5.68. The summed E-state index contributed by atoms with van der Waals surface area (Å²) >= 11 is 1.73. The van der Waals surface area contributed by atoms with E-state index in [2.05, 4.69) is 60.1 Å². The predicted octanol–water partition coefficient (Wildman–Crippen LogP) is 3.18. The summed E-state index contributed by atoms with van der Waals surface area (Å²) in [4.78, 5) is 14.2. The maximum atomic E-state index is 4.77. The van der Waals surface area contributed by atoms with Gasteiger partial charge in [-0.05, 0) is 25.4 Å². The van der Waals surface area contributed by atoms with E-state index >= 15 is 0 Å². The standard InChI is InChI=1S/C19H35N5S/c1-7-23(8-2)12-15-9-10-24(13-15)18(20-6)21-11-17-22-16(14-25-17)19(3,4)5/h14-15H,7-13H2,1-6H3,(H,20,21). The minimum absolute atomic E-state index is 0.114. The fourth-order valence-corrected chi connectivity index (χ4v) is 4.20. The molecule has 1 aliphatic rings. The van der Waals surface area contributed by atoms with E-state index < -0.39 is 0 Å². The molecule has 1 N–H and O–H groups in total. The van der Waals surface area contributed by atoms with Crippen molar-refractivity contribution < 1.29 is 0 Å². The molecule has 0 radical (unpaired) electrons. The van der Waals surface area contributed by atoms with Crippen LogP contribution in [0.5, 0.6) is 0 Å². The molecule has 2 rings (SSSR count).